The van der Waals surface area contributed by atoms with Crippen molar-refractivity contribution >= 4 is 33.9 Å². The number of carbonyl (C=O) groups is 1. The molecule has 0 atom stereocenters. The molecule has 0 radical (unpaired) electrons. The average Bonchev–Trinajstić information content (AvgIpc) is 2.91. The number of aromatic nitrogens is 1. The van der Waals surface area contributed by atoms with Gasteiger partial charge in [0, 0.05) is 21.9 Å². The zero-order valence-electron chi connectivity index (χ0n) is 13.3. The van der Waals surface area contributed by atoms with Crippen LogP contribution in [-0.2, 0) is 4.74 Å². The lowest BCUT2D eigenvalue weighted by Gasteiger charge is -2.28. The molecule has 1 N–H and O–H groups in total. The van der Waals surface area contributed by atoms with Crippen molar-refractivity contribution in [2.45, 2.75) is 19.4 Å². The van der Waals surface area contributed by atoms with Gasteiger partial charge in [0.2, 0.25) is 0 Å². The third kappa shape index (κ3) is 2.10. The van der Waals surface area contributed by atoms with Gasteiger partial charge < -0.3 is 14.5 Å². The SMILES string of the molecule is COC(=O)c1ccc2[nH]c3c4c(ccc3c2c1)C=CC(C)(C)O4. The normalized spacial score (nSPS) is 15.4. The number of rotatable bonds is 1. The van der Waals surface area contributed by atoms with Gasteiger partial charge in [-0.15, -0.1) is 0 Å². The second-order valence-electron chi connectivity index (χ2n) is 6.32. The van der Waals surface area contributed by atoms with E-state index in [1.165, 1.54) is 7.11 Å². The molecule has 3 aromatic rings. The van der Waals surface area contributed by atoms with Gasteiger partial charge in [-0.3, -0.25) is 0 Å². The van der Waals surface area contributed by atoms with Crippen LogP contribution >= 0.6 is 0 Å². The topological polar surface area (TPSA) is 51.3 Å². The van der Waals surface area contributed by atoms with Crippen LogP contribution < -0.4 is 4.74 Å². The lowest BCUT2D eigenvalue weighted by atomic mass is 10.0. The van der Waals surface area contributed by atoms with Crippen LogP contribution in [0.2, 0.25) is 0 Å². The summed E-state index contributed by atoms with van der Waals surface area (Å²) in [5, 5.41) is 2.03. The number of benzene rings is 2. The molecule has 0 aliphatic carbocycles. The van der Waals surface area contributed by atoms with Gasteiger partial charge in [-0.05, 0) is 38.1 Å². The Morgan fingerprint density at radius 3 is 2.78 bits per heavy atom. The largest absolute Gasteiger partial charge is 0.481 e. The smallest absolute Gasteiger partial charge is 0.337 e. The van der Waals surface area contributed by atoms with E-state index in [-0.39, 0.29) is 11.6 Å². The number of hydrogen-bond acceptors (Lipinski definition) is 3. The summed E-state index contributed by atoms with van der Waals surface area (Å²) in [6.45, 7) is 4.06. The lowest BCUT2D eigenvalue weighted by Crippen LogP contribution is -2.27. The second-order valence-corrected chi connectivity index (χ2v) is 6.32. The zero-order valence-corrected chi connectivity index (χ0v) is 13.3. The van der Waals surface area contributed by atoms with Crippen LogP contribution in [0.1, 0.15) is 29.8 Å². The third-order valence-electron chi connectivity index (χ3n) is 4.21. The fourth-order valence-corrected chi connectivity index (χ4v) is 3.03. The predicted octanol–water partition coefficient (Wildman–Crippen LogP) is 4.29. The number of hydrogen-bond donors (Lipinski definition) is 1. The second kappa shape index (κ2) is 4.62. The molecule has 1 aromatic heterocycles. The Balaban J connectivity index is 2.00. The first-order valence-electron chi connectivity index (χ1n) is 7.53. The van der Waals surface area contributed by atoms with Crippen LogP contribution in [0.25, 0.3) is 27.9 Å². The van der Waals surface area contributed by atoms with Gasteiger partial charge in [-0.1, -0.05) is 18.2 Å². The van der Waals surface area contributed by atoms with Gasteiger partial charge in [-0.2, -0.15) is 0 Å². The molecule has 0 amide bonds. The number of carbonyl (C=O) groups excluding carboxylic acids is 1. The standard InChI is InChI=1S/C19H17NO3/c1-19(2)9-8-11-4-6-13-14-10-12(18(21)22-3)5-7-15(14)20-16(13)17(11)23-19/h4-10,20H,1-3H3. The Morgan fingerprint density at radius 2 is 2.00 bits per heavy atom. The fraction of sp³-hybridized carbons (Fsp3) is 0.211. The number of nitrogens with one attached hydrogen (secondary N) is 1. The summed E-state index contributed by atoms with van der Waals surface area (Å²) in [4.78, 5) is 15.2. The first-order valence-corrected chi connectivity index (χ1v) is 7.53. The molecule has 0 fully saturated rings. The van der Waals surface area contributed by atoms with Gasteiger partial charge in [0.1, 0.15) is 5.60 Å². The highest BCUT2D eigenvalue weighted by atomic mass is 16.5. The van der Waals surface area contributed by atoms with E-state index >= 15 is 0 Å². The summed E-state index contributed by atoms with van der Waals surface area (Å²) in [6.07, 6.45) is 4.14. The minimum atomic E-state index is -0.338. The van der Waals surface area contributed by atoms with Crippen molar-refractivity contribution in [3.8, 4) is 5.75 Å². The molecule has 0 saturated carbocycles. The highest BCUT2D eigenvalue weighted by molar-refractivity contribution is 6.12. The van der Waals surface area contributed by atoms with Crippen LogP contribution in [0.5, 0.6) is 5.75 Å². The maximum absolute atomic E-state index is 11.8. The summed E-state index contributed by atoms with van der Waals surface area (Å²) in [6, 6.07) is 9.62. The zero-order chi connectivity index (χ0) is 16.2. The number of fused-ring (bicyclic) bond motifs is 5. The van der Waals surface area contributed by atoms with Crippen LogP contribution in [0, 0.1) is 0 Å². The molecular weight excluding hydrogens is 290 g/mol. The van der Waals surface area contributed by atoms with Crippen LogP contribution in [-0.4, -0.2) is 23.7 Å². The average molecular weight is 307 g/mol. The van der Waals surface area contributed by atoms with E-state index in [2.05, 4.69) is 23.2 Å². The van der Waals surface area contributed by atoms with Gasteiger partial charge in [0.15, 0.2) is 5.75 Å². The number of aromatic amines is 1. The van der Waals surface area contributed by atoms with Gasteiger partial charge in [-0.25, -0.2) is 4.79 Å². The molecule has 4 heteroatoms. The summed E-state index contributed by atoms with van der Waals surface area (Å²) >= 11 is 0. The molecule has 4 nitrogen and oxygen atoms in total. The summed E-state index contributed by atoms with van der Waals surface area (Å²) in [5.74, 6) is 0.519. The van der Waals surface area contributed by atoms with Crippen molar-refractivity contribution in [1.29, 1.82) is 0 Å². The summed E-state index contributed by atoms with van der Waals surface area (Å²) in [7, 11) is 1.39. The molecule has 1 aliphatic heterocycles. The van der Waals surface area contributed by atoms with Crippen LogP contribution in [0.15, 0.2) is 36.4 Å². The Bertz CT molecular complexity index is 979. The monoisotopic (exact) mass is 307 g/mol. The van der Waals surface area contributed by atoms with E-state index < -0.39 is 0 Å². The molecular formula is C19H17NO3. The summed E-state index contributed by atoms with van der Waals surface area (Å²) < 4.78 is 11.0. The van der Waals surface area contributed by atoms with Gasteiger partial charge >= 0.3 is 5.97 Å². The van der Waals surface area contributed by atoms with Gasteiger partial charge in [0.25, 0.3) is 0 Å². The van der Waals surface area contributed by atoms with Crippen molar-refractivity contribution in [1.82, 2.24) is 4.98 Å². The van der Waals surface area contributed by atoms with E-state index in [1.807, 2.05) is 32.0 Å². The maximum Gasteiger partial charge on any atom is 0.337 e. The lowest BCUT2D eigenvalue weighted by molar-refractivity contribution is 0.0601. The van der Waals surface area contributed by atoms with Crippen molar-refractivity contribution in [3.05, 3.63) is 47.5 Å². The molecule has 1 aliphatic rings. The third-order valence-corrected chi connectivity index (χ3v) is 4.21. The molecule has 0 saturated heterocycles. The Kier molecular flexibility index (Phi) is 2.79. The summed E-state index contributed by atoms with van der Waals surface area (Å²) in [5.41, 5.74) is 3.18. The van der Waals surface area contributed by atoms with Crippen molar-refractivity contribution in [2.24, 2.45) is 0 Å². The quantitative estimate of drug-likeness (QED) is 0.682. The Hall–Kier alpha value is -2.75. The molecule has 2 aromatic carbocycles. The number of esters is 1. The minimum Gasteiger partial charge on any atom is -0.481 e. The fourth-order valence-electron chi connectivity index (χ4n) is 3.03. The van der Waals surface area contributed by atoms with Crippen LogP contribution in [0.3, 0.4) is 0 Å². The molecule has 0 unspecified atom stereocenters. The number of methoxy groups -OCH3 is 1. The van der Waals surface area contributed by atoms with E-state index in [1.54, 1.807) is 6.07 Å². The molecule has 116 valence electrons. The number of ether oxygens (including phenoxy) is 2. The highest BCUT2D eigenvalue weighted by Crippen LogP contribution is 2.39. The highest BCUT2D eigenvalue weighted by Gasteiger charge is 2.24. The molecule has 0 bridgehead atoms. The molecule has 23 heavy (non-hydrogen) atoms. The maximum atomic E-state index is 11.8. The van der Waals surface area contributed by atoms with Crippen molar-refractivity contribution in [2.75, 3.05) is 7.11 Å². The van der Waals surface area contributed by atoms with E-state index in [0.717, 1.165) is 33.1 Å². The molecule has 2 heterocycles. The first-order chi connectivity index (χ1) is 11.0. The van der Waals surface area contributed by atoms with E-state index in [0.29, 0.717) is 5.56 Å². The Morgan fingerprint density at radius 1 is 1.17 bits per heavy atom. The van der Waals surface area contributed by atoms with E-state index in [4.69, 9.17) is 9.47 Å². The first kappa shape index (κ1) is 13.9. The van der Waals surface area contributed by atoms with Crippen LogP contribution in [0.4, 0.5) is 0 Å². The van der Waals surface area contributed by atoms with E-state index in [9.17, 15) is 4.79 Å². The van der Waals surface area contributed by atoms with Gasteiger partial charge in [0.05, 0.1) is 18.2 Å². The Labute approximate surface area is 133 Å². The van der Waals surface area contributed by atoms with Crippen molar-refractivity contribution in [3.63, 3.8) is 0 Å². The molecule has 0 spiro atoms. The minimum absolute atomic E-state index is 0.334. The molecule has 4 rings (SSSR count). The number of H-pyrrole nitrogens is 1. The van der Waals surface area contributed by atoms with Crippen molar-refractivity contribution < 1.29 is 14.3 Å². The predicted molar refractivity (Wildman–Crippen MR) is 90.9 cm³/mol.